The van der Waals surface area contributed by atoms with E-state index in [1.165, 1.54) is 11.9 Å². The third-order valence-corrected chi connectivity index (χ3v) is 7.29. The number of nitrogens with one attached hydrogen (secondary N) is 1. The van der Waals surface area contributed by atoms with Crippen molar-refractivity contribution in [1.82, 2.24) is 9.91 Å². The van der Waals surface area contributed by atoms with Crippen molar-refractivity contribution in [3.05, 3.63) is 28.2 Å². The number of carbonyl (C=O) groups is 3. The first kappa shape index (κ1) is 22.4. The van der Waals surface area contributed by atoms with E-state index in [1.54, 1.807) is 6.07 Å². The van der Waals surface area contributed by atoms with E-state index < -0.39 is 21.8 Å². The molecule has 0 saturated carbocycles. The SMILES string of the molecule is Cc1cc(Br)ccc1NC(=O)CN(C)C(=O)C1=NN(C2CCS(=O)(=O)C2)C(=O)CC1. The van der Waals surface area contributed by atoms with Crippen molar-refractivity contribution in [2.75, 3.05) is 30.4 Å². The molecule has 0 aromatic heterocycles. The fourth-order valence-corrected chi connectivity index (χ4v) is 5.61. The minimum atomic E-state index is -3.19. The lowest BCUT2D eigenvalue weighted by Gasteiger charge is -2.28. The van der Waals surface area contributed by atoms with E-state index in [9.17, 15) is 22.8 Å². The van der Waals surface area contributed by atoms with E-state index in [1.807, 2.05) is 19.1 Å². The molecule has 1 fully saturated rings. The molecule has 2 aliphatic rings. The summed E-state index contributed by atoms with van der Waals surface area (Å²) >= 11 is 3.37. The van der Waals surface area contributed by atoms with Gasteiger partial charge < -0.3 is 10.2 Å². The predicted molar refractivity (Wildman–Crippen MR) is 116 cm³/mol. The number of hydrazone groups is 1. The van der Waals surface area contributed by atoms with Gasteiger partial charge in [-0.1, -0.05) is 15.9 Å². The molecule has 3 amide bonds. The predicted octanol–water partition coefficient (Wildman–Crippen LogP) is 1.32. The molecule has 1 N–H and O–H groups in total. The maximum atomic E-state index is 12.7. The highest BCUT2D eigenvalue weighted by atomic mass is 79.9. The molecule has 1 aromatic rings. The van der Waals surface area contributed by atoms with Crippen LogP contribution in [0.2, 0.25) is 0 Å². The molecule has 0 spiro atoms. The Labute approximate surface area is 183 Å². The third-order valence-electron chi connectivity index (χ3n) is 5.05. The second kappa shape index (κ2) is 8.84. The van der Waals surface area contributed by atoms with Gasteiger partial charge in [0.05, 0.1) is 24.1 Å². The van der Waals surface area contributed by atoms with Crippen molar-refractivity contribution in [3.63, 3.8) is 0 Å². The van der Waals surface area contributed by atoms with Crippen LogP contribution in [0.1, 0.15) is 24.8 Å². The molecule has 0 aliphatic carbocycles. The lowest BCUT2D eigenvalue weighted by molar-refractivity contribution is -0.134. The summed E-state index contributed by atoms with van der Waals surface area (Å²) in [5.41, 5.74) is 1.68. The number of nitrogens with zero attached hydrogens (tertiary/aromatic N) is 3. The summed E-state index contributed by atoms with van der Waals surface area (Å²) in [5.74, 6) is -1.25. The number of hydrogen-bond donors (Lipinski definition) is 1. The molecule has 0 radical (unpaired) electrons. The van der Waals surface area contributed by atoms with E-state index >= 15 is 0 Å². The number of hydrogen-bond acceptors (Lipinski definition) is 6. The van der Waals surface area contributed by atoms with Crippen molar-refractivity contribution in [3.8, 4) is 0 Å². The fourth-order valence-electron chi connectivity index (χ4n) is 3.44. The second-order valence-electron chi connectivity index (χ2n) is 7.51. The summed E-state index contributed by atoms with van der Waals surface area (Å²) in [5, 5.41) is 8.06. The zero-order valence-electron chi connectivity index (χ0n) is 16.7. The minimum absolute atomic E-state index is 0.00972. The molecule has 11 heteroatoms. The van der Waals surface area contributed by atoms with Crippen LogP contribution >= 0.6 is 15.9 Å². The highest BCUT2D eigenvalue weighted by Gasteiger charge is 2.37. The van der Waals surface area contributed by atoms with Crippen LogP contribution in [0.15, 0.2) is 27.8 Å². The molecular formula is C19H23BrN4O5S. The lowest BCUT2D eigenvalue weighted by Crippen LogP contribution is -2.45. The van der Waals surface area contributed by atoms with Crippen molar-refractivity contribution in [2.24, 2.45) is 5.10 Å². The van der Waals surface area contributed by atoms with Gasteiger partial charge in [-0.3, -0.25) is 14.4 Å². The van der Waals surface area contributed by atoms with Crippen LogP contribution < -0.4 is 5.32 Å². The molecule has 0 bridgehead atoms. The quantitative estimate of drug-likeness (QED) is 0.656. The molecule has 2 aliphatic heterocycles. The number of halogens is 1. The smallest absolute Gasteiger partial charge is 0.270 e. The molecule has 30 heavy (non-hydrogen) atoms. The molecule has 1 atom stereocenters. The summed E-state index contributed by atoms with van der Waals surface area (Å²) in [6.07, 6.45) is 0.550. The van der Waals surface area contributed by atoms with Gasteiger partial charge >= 0.3 is 0 Å². The summed E-state index contributed by atoms with van der Waals surface area (Å²) < 4.78 is 24.3. The Balaban J connectivity index is 1.65. The van der Waals surface area contributed by atoms with Gasteiger partial charge in [-0.15, -0.1) is 0 Å². The van der Waals surface area contributed by atoms with E-state index in [4.69, 9.17) is 0 Å². The van der Waals surface area contributed by atoms with Gasteiger partial charge in [0.25, 0.3) is 5.91 Å². The van der Waals surface area contributed by atoms with Gasteiger partial charge in [0.15, 0.2) is 9.84 Å². The van der Waals surface area contributed by atoms with Crippen molar-refractivity contribution < 1.29 is 22.8 Å². The van der Waals surface area contributed by atoms with Crippen LogP contribution in [-0.2, 0) is 24.2 Å². The van der Waals surface area contributed by atoms with Crippen LogP contribution in [0.4, 0.5) is 5.69 Å². The first-order chi connectivity index (χ1) is 14.1. The molecular weight excluding hydrogens is 476 g/mol. The number of carbonyl (C=O) groups excluding carboxylic acids is 3. The van der Waals surface area contributed by atoms with Crippen molar-refractivity contribution >= 4 is 54.9 Å². The zero-order chi connectivity index (χ0) is 22.1. The number of aryl methyl sites for hydroxylation is 1. The maximum absolute atomic E-state index is 12.7. The fraction of sp³-hybridized carbons (Fsp3) is 0.474. The number of benzene rings is 1. The van der Waals surface area contributed by atoms with Crippen LogP contribution in [0.25, 0.3) is 0 Å². The minimum Gasteiger partial charge on any atom is -0.331 e. The van der Waals surface area contributed by atoms with Crippen molar-refractivity contribution in [2.45, 2.75) is 32.2 Å². The Morgan fingerprint density at radius 3 is 2.70 bits per heavy atom. The monoisotopic (exact) mass is 498 g/mol. The number of likely N-dealkylation sites (N-methyl/N-ethyl adjacent to an activating group) is 1. The third kappa shape index (κ3) is 5.25. The first-order valence-corrected chi connectivity index (χ1v) is 12.1. The topological polar surface area (TPSA) is 116 Å². The van der Waals surface area contributed by atoms with Gasteiger partial charge in [-0.2, -0.15) is 5.10 Å². The van der Waals surface area contributed by atoms with Gasteiger partial charge in [-0.25, -0.2) is 13.4 Å². The number of sulfone groups is 1. The molecule has 2 heterocycles. The van der Waals surface area contributed by atoms with Crippen molar-refractivity contribution in [1.29, 1.82) is 0 Å². The van der Waals surface area contributed by atoms with Gasteiger partial charge in [0, 0.05) is 30.0 Å². The van der Waals surface area contributed by atoms with Gasteiger partial charge in [0.2, 0.25) is 11.8 Å². The summed E-state index contributed by atoms with van der Waals surface area (Å²) in [7, 11) is -1.70. The Morgan fingerprint density at radius 2 is 2.07 bits per heavy atom. The molecule has 1 aromatic carbocycles. The molecule has 9 nitrogen and oxygen atoms in total. The Kier molecular flexibility index (Phi) is 6.61. The molecule has 1 unspecified atom stereocenters. The van der Waals surface area contributed by atoms with Crippen LogP contribution in [0.5, 0.6) is 0 Å². The Bertz CT molecular complexity index is 1020. The molecule has 3 rings (SSSR count). The van der Waals surface area contributed by atoms with E-state index in [-0.39, 0.29) is 48.4 Å². The normalized spacial score (nSPS) is 20.6. The van der Waals surface area contributed by atoms with Gasteiger partial charge in [0.1, 0.15) is 5.71 Å². The Morgan fingerprint density at radius 1 is 1.33 bits per heavy atom. The molecule has 1 saturated heterocycles. The maximum Gasteiger partial charge on any atom is 0.270 e. The average Bonchev–Trinajstić information content (AvgIpc) is 3.03. The lowest BCUT2D eigenvalue weighted by atomic mass is 10.1. The molecule has 162 valence electrons. The van der Waals surface area contributed by atoms with Crippen LogP contribution in [0, 0.1) is 6.92 Å². The first-order valence-electron chi connectivity index (χ1n) is 9.47. The standard InChI is InChI=1S/C19H23BrN4O5S/c1-12-9-13(20)3-4-15(12)21-17(25)10-23(2)19(27)16-5-6-18(26)24(22-16)14-7-8-30(28,29)11-14/h3-4,9,14H,5-8,10-11H2,1-2H3,(H,21,25). The zero-order valence-corrected chi connectivity index (χ0v) is 19.1. The van der Waals surface area contributed by atoms with Crippen LogP contribution in [0.3, 0.4) is 0 Å². The van der Waals surface area contributed by atoms with Gasteiger partial charge in [-0.05, 0) is 37.1 Å². The van der Waals surface area contributed by atoms with Crippen LogP contribution in [-0.4, -0.2) is 72.9 Å². The van der Waals surface area contributed by atoms with E-state index in [2.05, 4.69) is 26.3 Å². The summed E-state index contributed by atoms with van der Waals surface area (Å²) in [4.78, 5) is 38.5. The highest BCUT2D eigenvalue weighted by Crippen LogP contribution is 2.23. The largest absolute Gasteiger partial charge is 0.331 e. The van der Waals surface area contributed by atoms with E-state index in [0.717, 1.165) is 15.0 Å². The van der Waals surface area contributed by atoms with E-state index in [0.29, 0.717) is 12.1 Å². The summed E-state index contributed by atoms with van der Waals surface area (Å²) in [6, 6.07) is 4.90. The number of rotatable bonds is 5. The Hall–Kier alpha value is -2.27. The summed E-state index contributed by atoms with van der Waals surface area (Å²) in [6.45, 7) is 1.68. The number of anilines is 1. The number of amides is 3. The second-order valence-corrected chi connectivity index (χ2v) is 10.7. The highest BCUT2D eigenvalue weighted by molar-refractivity contribution is 9.10. The average molecular weight is 499 g/mol.